The molecule has 178 valence electrons. The topological polar surface area (TPSA) is 82.6 Å². The Labute approximate surface area is 208 Å². The first-order valence-electron chi connectivity index (χ1n) is 11.2. The van der Waals surface area contributed by atoms with E-state index >= 15 is 0 Å². The molecule has 11 heteroatoms. The van der Waals surface area contributed by atoms with E-state index < -0.39 is 7.12 Å². The van der Waals surface area contributed by atoms with Crippen molar-refractivity contribution in [3.8, 4) is 0 Å². The second-order valence-electron chi connectivity index (χ2n) is 8.80. The van der Waals surface area contributed by atoms with Gasteiger partial charge in [-0.1, -0.05) is 29.3 Å². The zero-order chi connectivity index (χ0) is 23.8. The van der Waals surface area contributed by atoms with Gasteiger partial charge >= 0.3 is 13.2 Å². The summed E-state index contributed by atoms with van der Waals surface area (Å²) in [5.74, 6) is -0.0104. The molecule has 1 N–H and O–H groups in total. The average molecular weight is 504 g/mol. The van der Waals surface area contributed by atoms with E-state index in [-0.39, 0.29) is 24.6 Å². The van der Waals surface area contributed by atoms with Gasteiger partial charge in [0.05, 0.1) is 6.61 Å². The molecule has 0 aromatic heterocycles. The predicted octanol–water partition coefficient (Wildman–Crippen LogP) is 1.99. The van der Waals surface area contributed by atoms with Gasteiger partial charge in [0.2, 0.25) is 0 Å². The first-order chi connectivity index (χ1) is 16.4. The normalized spacial score (nSPS) is 18.6. The molecule has 8 nitrogen and oxygen atoms in total. The Morgan fingerprint density at radius 2 is 1.74 bits per heavy atom. The zero-order valence-electron chi connectivity index (χ0n) is 18.5. The molecule has 2 aromatic carbocycles. The van der Waals surface area contributed by atoms with E-state index in [1.807, 2.05) is 11.0 Å². The van der Waals surface area contributed by atoms with Gasteiger partial charge in [0, 0.05) is 60.9 Å². The summed E-state index contributed by atoms with van der Waals surface area (Å²) in [5.41, 5.74) is 2.95. The van der Waals surface area contributed by atoms with E-state index in [0.717, 1.165) is 29.7 Å². The largest absolute Gasteiger partial charge is 0.491 e. The van der Waals surface area contributed by atoms with Crippen LogP contribution in [0.1, 0.15) is 21.5 Å². The third kappa shape index (κ3) is 4.90. The molecule has 2 aromatic rings. The monoisotopic (exact) mass is 503 g/mol. The number of amides is 2. The molecule has 2 saturated heterocycles. The molecule has 0 atom stereocenters. The number of nitrogens with zero attached hydrogens (tertiary/aromatic N) is 3. The molecule has 0 spiro atoms. The second-order valence-corrected chi connectivity index (χ2v) is 9.67. The first-order valence-corrected chi connectivity index (χ1v) is 12.0. The second kappa shape index (κ2) is 9.75. The SMILES string of the molecule is O=C(OCc1cc(Cl)cc(Cl)c1)N1CCN(C2CN(C(=O)c3ccc4c(c3)COB4O)C2)CC1. The third-order valence-electron chi connectivity index (χ3n) is 6.58. The molecule has 34 heavy (non-hydrogen) atoms. The van der Waals surface area contributed by atoms with Crippen LogP contribution in [0.5, 0.6) is 0 Å². The van der Waals surface area contributed by atoms with Gasteiger partial charge in [-0.05, 0) is 46.9 Å². The Hall–Kier alpha value is -2.30. The third-order valence-corrected chi connectivity index (χ3v) is 7.01. The molecule has 0 saturated carbocycles. The lowest BCUT2D eigenvalue weighted by atomic mass is 9.79. The lowest BCUT2D eigenvalue weighted by molar-refractivity contribution is 0.00577. The molecule has 3 aliphatic rings. The summed E-state index contributed by atoms with van der Waals surface area (Å²) in [5, 5.41) is 10.8. The molecule has 0 unspecified atom stereocenters. The van der Waals surface area contributed by atoms with Crippen LogP contribution in [0.15, 0.2) is 36.4 Å². The number of likely N-dealkylation sites (tertiary alicyclic amines) is 1. The number of piperazine rings is 1. The van der Waals surface area contributed by atoms with Crippen molar-refractivity contribution in [1.29, 1.82) is 0 Å². The Bertz CT molecular complexity index is 1090. The quantitative estimate of drug-likeness (QED) is 0.642. The van der Waals surface area contributed by atoms with E-state index in [1.54, 1.807) is 35.2 Å². The molecule has 3 aliphatic heterocycles. The Kier molecular flexibility index (Phi) is 6.73. The van der Waals surface area contributed by atoms with Crippen LogP contribution in [-0.2, 0) is 22.6 Å². The number of hydrogen-bond acceptors (Lipinski definition) is 6. The number of benzene rings is 2. The van der Waals surface area contributed by atoms with Crippen molar-refractivity contribution in [2.75, 3.05) is 39.3 Å². The fourth-order valence-corrected chi connectivity index (χ4v) is 5.17. The van der Waals surface area contributed by atoms with Crippen molar-refractivity contribution in [1.82, 2.24) is 14.7 Å². The summed E-state index contributed by atoms with van der Waals surface area (Å²) in [6.45, 7) is 4.38. The number of hydrogen-bond donors (Lipinski definition) is 1. The summed E-state index contributed by atoms with van der Waals surface area (Å²) < 4.78 is 10.6. The zero-order valence-corrected chi connectivity index (χ0v) is 20.0. The average Bonchev–Trinajstić information content (AvgIpc) is 3.16. The van der Waals surface area contributed by atoms with Gasteiger partial charge < -0.3 is 24.2 Å². The molecule has 5 rings (SSSR count). The van der Waals surface area contributed by atoms with Crippen molar-refractivity contribution in [3.05, 3.63) is 63.1 Å². The number of carbonyl (C=O) groups excluding carboxylic acids is 2. The van der Waals surface area contributed by atoms with E-state index in [0.29, 0.717) is 48.4 Å². The van der Waals surface area contributed by atoms with Crippen LogP contribution >= 0.6 is 23.2 Å². The van der Waals surface area contributed by atoms with Gasteiger partial charge in [-0.3, -0.25) is 9.69 Å². The highest BCUT2D eigenvalue weighted by molar-refractivity contribution is 6.61. The molecular weight excluding hydrogens is 480 g/mol. The van der Waals surface area contributed by atoms with Gasteiger partial charge in [0.1, 0.15) is 6.61 Å². The number of carbonyl (C=O) groups is 2. The highest BCUT2D eigenvalue weighted by Crippen LogP contribution is 2.22. The summed E-state index contributed by atoms with van der Waals surface area (Å²) in [7, 11) is -0.904. The maximum atomic E-state index is 12.8. The van der Waals surface area contributed by atoms with Crippen LogP contribution in [0, 0.1) is 0 Å². The van der Waals surface area contributed by atoms with Crippen molar-refractivity contribution in [3.63, 3.8) is 0 Å². The van der Waals surface area contributed by atoms with Gasteiger partial charge in [0.25, 0.3) is 5.91 Å². The minimum atomic E-state index is -0.904. The van der Waals surface area contributed by atoms with Crippen molar-refractivity contribution < 1.29 is 24.0 Å². The van der Waals surface area contributed by atoms with Gasteiger partial charge in [-0.15, -0.1) is 0 Å². The summed E-state index contributed by atoms with van der Waals surface area (Å²) in [6, 6.07) is 10.7. The number of halogens is 2. The van der Waals surface area contributed by atoms with Crippen molar-refractivity contribution in [2.24, 2.45) is 0 Å². The highest BCUT2D eigenvalue weighted by atomic mass is 35.5. The minimum Gasteiger partial charge on any atom is -0.445 e. The van der Waals surface area contributed by atoms with Crippen LogP contribution in [0.3, 0.4) is 0 Å². The molecular formula is C23H24BCl2N3O5. The van der Waals surface area contributed by atoms with Gasteiger partial charge in [0.15, 0.2) is 0 Å². The van der Waals surface area contributed by atoms with E-state index in [9.17, 15) is 14.6 Å². The minimum absolute atomic E-state index is 0.0104. The molecule has 2 amide bonds. The summed E-state index contributed by atoms with van der Waals surface area (Å²) in [6.07, 6.45) is -0.355. The smallest absolute Gasteiger partial charge is 0.445 e. The Morgan fingerprint density at radius 1 is 1.03 bits per heavy atom. The van der Waals surface area contributed by atoms with E-state index in [1.165, 1.54) is 0 Å². The molecule has 3 heterocycles. The van der Waals surface area contributed by atoms with Gasteiger partial charge in [-0.2, -0.15) is 0 Å². The van der Waals surface area contributed by atoms with Crippen LogP contribution in [0.25, 0.3) is 0 Å². The van der Waals surface area contributed by atoms with Crippen LogP contribution in [0.2, 0.25) is 10.0 Å². The standard InChI is InChI=1S/C23H24BCl2N3O5/c25-18-7-15(8-19(26)10-18)13-33-23(31)28-5-3-27(4-6-28)20-11-29(12-20)22(30)16-1-2-21-17(9-16)14-34-24(21)32/h1-2,7-10,20,32H,3-6,11-14H2. The van der Waals surface area contributed by atoms with Crippen molar-refractivity contribution in [2.45, 2.75) is 19.3 Å². The predicted molar refractivity (Wildman–Crippen MR) is 128 cm³/mol. The molecule has 2 fully saturated rings. The lowest BCUT2D eigenvalue weighted by Gasteiger charge is -2.48. The number of ether oxygens (including phenoxy) is 1. The van der Waals surface area contributed by atoms with Crippen molar-refractivity contribution >= 4 is 47.8 Å². The molecule has 0 aliphatic carbocycles. The first kappa shape index (κ1) is 23.4. The van der Waals surface area contributed by atoms with Crippen LogP contribution in [-0.4, -0.2) is 84.2 Å². The molecule has 0 radical (unpaired) electrons. The fraction of sp³-hybridized carbons (Fsp3) is 0.391. The van der Waals surface area contributed by atoms with Gasteiger partial charge in [-0.25, -0.2) is 4.79 Å². The van der Waals surface area contributed by atoms with Crippen LogP contribution < -0.4 is 5.46 Å². The Balaban J connectivity index is 1.06. The Morgan fingerprint density at radius 3 is 2.44 bits per heavy atom. The van der Waals surface area contributed by atoms with Crippen LogP contribution in [0.4, 0.5) is 4.79 Å². The molecule has 0 bridgehead atoms. The summed E-state index contributed by atoms with van der Waals surface area (Å²) in [4.78, 5) is 31.1. The van der Waals surface area contributed by atoms with E-state index in [4.69, 9.17) is 32.6 Å². The lowest BCUT2D eigenvalue weighted by Crippen LogP contribution is -2.64. The van der Waals surface area contributed by atoms with E-state index in [2.05, 4.69) is 4.90 Å². The number of fused-ring (bicyclic) bond motifs is 1. The maximum Gasteiger partial charge on any atom is 0.491 e. The summed E-state index contributed by atoms with van der Waals surface area (Å²) >= 11 is 12.0. The maximum absolute atomic E-state index is 12.8. The fourth-order valence-electron chi connectivity index (χ4n) is 4.60. The highest BCUT2D eigenvalue weighted by Gasteiger charge is 2.37. The number of rotatable bonds is 4.